The lowest BCUT2D eigenvalue weighted by molar-refractivity contribution is 0.106. The Labute approximate surface area is 118 Å². The maximum absolute atomic E-state index is 5.43. The van der Waals surface area contributed by atoms with Crippen LogP contribution in [0.4, 0.5) is 0 Å². The number of nitrogens with one attached hydrogen (secondary N) is 1. The van der Waals surface area contributed by atoms with Gasteiger partial charge in [-0.3, -0.25) is 0 Å². The predicted molar refractivity (Wildman–Crippen MR) is 78.7 cm³/mol. The molecule has 0 spiro atoms. The zero-order valence-electron chi connectivity index (χ0n) is 11.2. The van der Waals surface area contributed by atoms with Crippen molar-refractivity contribution in [2.45, 2.75) is 50.8 Å². The van der Waals surface area contributed by atoms with E-state index >= 15 is 0 Å². The van der Waals surface area contributed by atoms with Gasteiger partial charge in [0.1, 0.15) is 0 Å². The average molecular weight is 312 g/mol. The summed E-state index contributed by atoms with van der Waals surface area (Å²) >= 11 is 3.55. The number of rotatable bonds is 5. The molecule has 1 aromatic carbocycles. The van der Waals surface area contributed by atoms with E-state index in [1.807, 2.05) is 7.11 Å². The summed E-state index contributed by atoms with van der Waals surface area (Å²) in [6.45, 7) is 2.24. The fourth-order valence-corrected chi connectivity index (χ4v) is 3.18. The smallest absolute Gasteiger partial charge is 0.0586 e. The first-order chi connectivity index (χ1) is 8.72. The summed E-state index contributed by atoms with van der Waals surface area (Å²) in [5, 5.41) is 3.77. The maximum atomic E-state index is 5.43. The van der Waals surface area contributed by atoms with Crippen molar-refractivity contribution in [2.75, 3.05) is 7.11 Å². The van der Waals surface area contributed by atoms with Crippen LogP contribution < -0.4 is 5.32 Å². The molecular formula is C15H22BrNO. The van der Waals surface area contributed by atoms with E-state index in [1.165, 1.54) is 18.4 Å². The Morgan fingerprint density at radius 1 is 1.44 bits per heavy atom. The van der Waals surface area contributed by atoms with Crippen LogP contribution in [0.25, 0.3) is 0 Å². The van der Waals surface area contributed by atoms with Crippen LogP contribution in [0.15, 0.2) is 28.7 Å². The highest BCUT2D eigenvalue weighted by Gasteiger charge is 2.26. The molecule has 0 bridgehead atoms. The number of methoxy groups -OCH3 is 1. The Morgan fingerprint density at radius 3 is 2.89 bits per heavy atom. The van der Waals surface area contributed by atoms with Crippen molar-refractivity contribution in [3.63, 3.8) is 0 Å². The van der Waals surface area contributed by atoms with Crippen LogP contribution in [-0.4, -0.2) is 19.3 Å². The van der Waals surface area contributed by atoms with Crippen LogP contribution in [0.1, 0.15) is 44.2 Å². The molecule has 1 fully saturated rings. The largest absolute Gasteiger partial charge is 0.381 e. The van der Waals surface area contributed by atoms with E-state index in [0.29, 0.717) is 18.2 Å². The van der Waals surface area contributed by atoms with E-state index < -0.39 is 0 Å². The van der Waals surface area contributed by atoms with Gasteiger partial charge in [0.25, 0.3) is 0 Å². The van der Waals surface area contributed by atoms with Gasteiger partial charge >= 0.3 is 0 Å². The van der Waals surface area contributed by atoms with E-state index in [9.17, 15) is 0 Å². The molecule has 1 N–H and O–H groups in total. The first-order valence-electron chi connectivity index (χ1n) is 6.77. The Hall–Kier alpha value is -0.380. The minimum Gasteiger partial charge on any atom is -0.381 e. The molecule has 0 saturated heterocycles. The zero-order chi connectivity index (χ0) is 13.0. The van der Waals surface area contributed by atoms with E-state index in [1.54, 1.807) is 0 Å². The first-order valence-corrected chi connectivity index (χ1v) is 7.56. The summed E-state index contributed by atoms with van der Waals surface area (Å²) in [4.78, 5) is 0. The molecule has 18 heavy (non-hydrogen) atoms. The summed E-state index contributed by atoms with van der Waals surface area (Å²) in [7, 11) is 1.82. The third-order valence-electron chi connectivity index (χ3n) is 3.81. The lowest BCUT2D eigenvalue weighted by atomic mass is 10.0. The Morgan fingerprint density at radius 2 is 2.28 bits per heavy atom. The molecule has 0 aromatic heterocycles. The Bertz CT molecular complexity index is 383. The van der Waals surface area contributed by atoms with Gasteiger partial charge < -0.3 is 10.1 Å². The van der Waals surface area contributed by atoms with Crippen LogP contribution in [-0.2, 0) is 4.74 Å². The number of benzene rings is 1. The second-order valence-corrected chi connectivity index (χ2v) is 5.97. The molecule has 3 atom stereocenters. The molecule has 100 valence electrons. The van der Waals surface area contributed by atoms with Crippen LogP contribution >= 0.6 is 15.9 Å². The van der Waals surface area contributed by atoms with Crippen molar-refractivity contribution in [2.24, 2.45) is 0 Å². The quantitative estimate of drug-likeness (QED) is 0.885. The summed E-state index contributed by atoms with van der Waals surface area (Å²) in [5.41, 5.74) is 1.37. The van der Waals surface area contributed by atoms with Crippen molar-refractivity contribution in [3.05, 3.63) is 34.3 Å². The highest BCUT2D eigenvalue weighted by atomic mass is 79.9. The van der Waals surface area contributed by atoms with E-state index in [0.717, 1.165) is 17.3 Å². The van der Waals surface area contributed by atoms with Gasteiger partial charge in [-0.25, -0.2) is 0 Å². The van der Waals surface area contributed by atoms with Crippen molar-refractivity contribution < 1.29 is 4.74 Å². The molecule has 0 heterocycles. The van der Waals surface area contributed by atoms with Gasteiger partial charge in [-0.1, -0.05) is 35.0 Å². The standard InChI is InChI=1S/C15H22BrNO/c1-3-15(11-5-4-6-12(16)9-11)17-13-7-8-14(10-13)18-2/h4-6,9,13-15,17H,3,7-8,10H2,1-2H3. The molecule has 1 aliphatic rings. The van der Waals surface area contributed by atoms with Gasteiger partial charge in [0.05, 0.1) is 6.10 Å². The first kappa shape index (κ1) is 14.0. The fourth-order valence-electron chi connectivity index (χ4n) is 2.76. The molecule has 1 saturated carbocycles. The SMILES string of the molecule is CCC(NC1CCC(OC)C1)c1cccc(Br)c1. The highest BCUT2D eigenvalue weighted by molar-refractivity contribution is 9.10. The molecule has 2 nitrogen and oxygen atoms in total. The van der Waals surface area contributed by atoms with Crippen LogP contribution in [0.5, 0.6) is 0 Å². The molecule has 0 radical (unpaired) electrons. The van der Waals surface area contributed by atoms with E-state index in [4.69, 9.17) is 4.74 Å². The minimum absolute atomic E-state index is 0.447. The van der Waals surface area contributed by atoms with E-state index in [-0.39, 0.29) is 0 Å². The van der Waals surface area contributed by atoms with Gasteiger partial charge in [0, 0.05) is 23.7 Å². The van der Waals surface area contributed by atoms with Gasteiger partial charge in [-0.15, -0.1) is 0 Å². The minimum atomic E-state index is 0.447. The second-order valence-electron chi connectivity index (χ2n) is 5.05. The summed E-state index contributed by atoms with van der Waals surface area (Å²) < 4.78 is 6.59. The summed E-state index contributed by atoms with van der Waals surface area (Å²) in [6, 6.07) is 9.64. The molecule has 1 aromatic rings. The number of halogens is 1. The van der Waals surface area contributed by atoms with Crippen LogP contribution in [0.3, 0.4) is 0 Å². The van der Waals surface area contributed by atoms with Crippen molar-refractivity contribution in [1.82, 2.24) is 5.32 Å². The average Bonchev–Trinajstić information content (AvgIpc) is 2.83. The number of hydrogen-bond donors (Lipinski definition) is 1. The number of ether oxygens (including phenoxy) is 1. The predicted octanol–water partition coefficient (Wildman–Crippen LogP) is 4.06. The van der Waals surface area contributed by atoms with Gasteiger partial charge in [-0.2, -0.15) is 0 Å². The topological polar surface area (TPSA) is 21.3 Å². The molecule has 0 amide bonds. The van der Waals surface area contributed by atoms with Crippen LogP contribution in [0, 0.1) is 0 Å². The Kier molecular flexibility index (Phi) is 5.22. The van der Waals surface area contributed by atoms with E-state index in [2.05, 4.69) is 52.4 Å². The summed E-state index contributed by atoms with van der Waals surface area (Å²) in [5.74, 6) is 0. The third-order valence-corrected chi connectivity index (χ3v) is 4.31. The second kappa shape index (κ2) is 6.69. The van der Waals surface area contributed by atoms with Crippen LogP contribution in [0.2, 0.25) is 0 Å². The third kappa shape index (κ3) is 3.56. The van der Waals surface area contributed by atoms with Crippen molar-refractivity contribution >= 4 is 15.9 Å². The van der Waals surface area contributed by atoms with Gasteiger partial charge in [0.2, 0.25) is 0 Å². The lowest BCUT2D eigenvalue weighted by Gasteiger charge is -2.22. The number of hydrogen-bond acceptors (Lipinski definition) is 2. The monoisotopic (exact) mass is 311 g/mol. The molecule has 3 unspecified atom stereocenters. The maximum Gasteiger partial charge on any atom is 0.0586 e. The van der Waals surface area contributed by atoms with Gasteiger partial charge in [0.15, 0.2) is 0 Å². The van der Waals surface area contributed by atoms with Gasteiger partial charge in [-0.05, 0) is 43.4 Å². The molecular weight excluding hydrogens is 290 g/mol. The lowest BCUT2D eigenvalue weighted by Crippen LogP contribution is -2.31. The van der Waals surface area contributed by atoms with Crippen molar-refractivity contribution in [1.29, 1.82) is 0 Å². The summed E-state index contributed by atoms with van der Waals surface area (Å²) in [6.07, 6.45) is 5.11. The fraction of sp³-hybridized carbons (Fsp3) is 0.600. The zero-order valence-corrected chi connectivity index (χ0v) is 12.7. The highest BCUT2D eigenvalue weighted by Crippen LogP contribution is 2.26. The Balaban J connectivity index is 1.97. The van der Waals surface area contributed by atoms with Crippen molar-refractivity contribution in [3.8, 4) is 0 Å². The molecule has 3 heteroatoms. The molecule has 1 aliphatic carbocycles. The molecule has 2 rings (SSSR count). The normalized spacial score (nSPS) is 25.3. The molecule has 0 aliphatic heterocycles.